The average molecular weight is 236 g/mol. The molecule has 17 heavy (non-hydrogen) atoms. The van der Waals surface area contributed by atoms with E-state index in [9.17, 15) is 0 Å². The predicted octanol–water partition coefficient (Wildman–Crippen LogP) is 0.921. The molecule has 5 nitrogen and oxygen atoms in total. The van der Waals surface area contributed by atoms with Gasteiger partial charge in [-0.25, -0.2) is 4.98 Å². The van der Waals surface area contributed by atoms with E-state index in [-0.39, 0.29) is 0 Å². The number of hydrogen-bond acceptors (Lipinski definition) is 5. The summed E-state index contributed by atoms with van der Waals surface area (Å²) >= 11 is 0. The van der Waals surface area contributed by atoms with Gasteiger partial charge < -0.3 is 15.0 Å². The molecule has 1 saturated heterocycles. The van der Waals surface area contributed by atoms with Crippen molar-refractivity contribution >= 4 is 5.95 Å². The summed E-state index contributed by atoms with van der Waals surface area (Å²) in [6, 6.07) is 1.78. The minimum atomic E-state index is 0.632. The Morgan fingerprint density at radius 3 is 2.88 bits per heavy atom. The highest BCUT2D eigenvalue weighted by molar-refractivity contribution is 5.32. The van der Waals surface area contributed by atoms with Crippen LogP contribution in [0.2, 0.25) is 0 Å². The van der Waals surface area contributed by atoms with Gasteiger partial charge in [0, 0.05) is 25.4 Å². The first-order chi connectivity index (χ1) is 8.33. The van der Waals surface area contributed by atoms with E-state index >= 15 is 0 Å². The molecule has 1 N–H and O–H groups in total. The maximum atomic E-state index is 5.12. The SMILES string of the molecule is CNCC1CCN(c2nccc(OC)n2)CC1. The normalized spacial score (nSPS) is 17.2. The van der Waals surface area contributed by atoms with Crippen LogP contribution in [0.5, 0.6) is 5.88 Å². The van der Waals surface area contributed by atoms with Crippen molar-refractivity contribution in [1.29, 1.82) is 0 Å². The van der Waals surface area contributed by atoms with Crippen LogP contribution in [0, 0.1) is 5.92 Å². The molecule has 0 spiro atoms. The Hall–Kier alpha value is -1.36. The van der Waals surface area contributed by atoms with Gasteiger partial charge in [0.2, 0.25) is 11.8 Å². The molecule has 94 valence electrons. The van der Waals surface area contributed by atoms with E-state index < -0.39 is 0 Å². The Labute approximate surface area is 102 Å². The van der Waals surface area contributed by atoms with E-state index in [0.717, 1.165) is 31.5 Å². The van der Waals surface area contributed by atoms with Crippen LogP contribution in [0.4, 0.5) is 5.95 Å². The second-order valence-corrected chi connectivity index (χ2v) is 4.39. The molecule has 5 heteroatoms. The highest BCUT2D eigenvalue weighted by atomic mass is 16.5. The number of anilines is 1. The molecule has 1 aliphatic rings. The van der Waals surface area contributed by atoms with Crippen LogP contribution in [0.15, 0.2) is 12.3 Å². The second-order valence-electron chi connectivity index (χ2n) is 4.39. The Bertz CT molecular complexity index is 350. The summed E-state index contributed by atoms with van der Waals surface area (Å²) in [7, 11) is 3.64. The van der Waals surface area contributed by atoms with Crippen molar-refractivity contribution in [2.75, 3.05) is 38.7 Å². The standard InChI is InChI=1S/C12H20N4O/c1-13-9-10-4-7-16(8-5-10)12-14-6-3-11(15-12)17-2/h3,6,10,13H,4-5,7-9H2,1-2H3. The third kappa shape index (κ3) is 3.06. The molecule has 0 radical (unpaired) electrons. The van der Waals surface area contributed by atoms with Gasteiger partial charge in [-0.2, -0.15) is 4.98 Å². The average Bonchev–Trinajstić information content (AvgIpc) is 2.40. The lowest BCUT2D eigenvalue weighted by molar-refractivity contribution is 0.382. The van der Waals surface area contributed by atoms with Crippen molar-refractivity contribution in [2.45, 2.75) is 12.8 Å². The molecule has 0 saturated carbocycles. The molecule has 0 amide bonds. The van der Waals surface area contributed by atoms with Gasteiger partial charge in [-0.1, -0.05) is 0 Å². The van der Waals surface area contributed by atoms with Crippen molar-refractivity contribution in [1.82, 2.24) is 15.3 Å². The zero-order valence-corrected chi connectivity index (χ0v) is 10.5. The van der Waals surface area contributed by atoms with Crippen LogP contribution in [0.3, 0.4) is 0 Å². The number of nitrogens with zero attached hydrogens (tertiary/aromatic N) is 3. The third-order valence-corrected chi connectivity index (χ3v) is 3.22. The van der Waals surface area contributed by atoms with Crippen LogP contribution in [0.25, 0.3) is 0 Å². The van der Waals surface area contributed by atoms with E-state index in [0.29, 0.717) is 5.88 Å². The molecule has 0 bridgehead atoms. The van der Waals surface area contributed by atoms with Gasteiger partial charge in [-0.15, -0.1) is 0 Å². The van der Waals surface area contributed by atoms with Crippen molar-refractivity contribution in [3.05, 3.63) is 12.3 Å². The van der Waals surface area contributed by atoms with Crippen LogP contribution in [0.1, 0.15) is 12.8 Å². The maximum absolute atomic E-state index is 5.12. The lowest BCUT2D eigenvalue weighted by Crippen LogP contribution is -2.37. The number of methoxy groups -OCH3 is 1. The quantitative estimate of drug-likeness (QED) is 0.842. The fraction of sp³-hybridized carbons (Fsp3) is 0.667. The summed E-state index contributed by atoms with van der Waals surface area (Å²) in [4.78, 5) is 10.9. The van der Waals surface area contributed by atoms with E-state index in [1.54, 1.807) is 19.4 Å². The second kappa shape index (κ2) is 5.82. The van der Waals surface area contributed by atoms with Crippen LogP contribution in [-0.4, -0.2) is 43.8 Å². The molecule has 0 unspecified atom stereocenters. The molecule has 1 fully saturated rings. The van der Waals surface area contributed by atoms with Gasteiger partial charge in [-0.3, -0.25) is 0 Å². The van der Waals surface area contributed by atoms with Crippen molar-refractivity contribution in [2.24, 2.45) is 5.92 Å². The molecular weight excluding hydrogens is 216 g/mol. The van der Waals surface area contributed by atoms with E-state index in [1.165, 1.54) is 12.8 Å². The van der Waals surface area contributed by atoms with Gasteiger partial charge in [0.15, 0.2) is 0 Å². The summed E-state index contributed by atoms with van der Waals surface area (Å²) in [5.74, 6) is 2.20. The Morgan fingerprint density at radius 1 is 1.47 bits per heavy atom. The summed E-state index contributed by atoms with van der Waals surface area (Å²) in [6.07, 6.45) is 4.14. The van der Waals surface area contributed by atoms with Crippen LogP contribution in [-0.2, 0) is 0 Å². The molecule has 1 aliphatic heterocycles. The summed E-state index contributed by atoms with van der Waals surface area (Å²) < 4.78 is 5.12. The monoisotopic (exact) mass is 236 g/mol. The number of nitrogens with one attached hydrogen (secondary N) is 1. The number of rotatable bonds is 4. The van der Waals surface area contributed by atoms with E-state index in [4.69, 9.17) is 4.74 Å². The van der Waals surface area contributed by atoms with Crippen molar-refractivity contribution in [3.8, 4) is 5.88 Å². The maximum Gasteiger partial charge on any atom is 0.228 e. The Balaban J connectivity index is 1.95. The van der Waals surface area contributed by atoms with Crippen molar-refractivity contribution in [3.63, 3.8) is 0 Å². The molecule has 0 aliphatic carbocycles. The van der Waals surface area contributed by atoms with Gasteiger partial charge in [0.05, 0.1) is 7.11 Å². The summed E-state index contributed by atoms with van der Waals surface area (Å²) in [5.41, 5.74) is 0. The number of aromatic nitrogens is 2. The van der Waals surface area contributed by atoms with Gasteiger partial charge in [0.25, 0.3) is 0 Å². The highest BCUT2D eigenvalue weighted by Gasteiger charge is 2.20. The summed E-state index contributed by atoms with van der Waals surface area (Å²) in [5, 5.41) is 3.24. The first-order valence-electron chi connectivity index (χ1n) is 6.10. The molecule has 1 aromatic heterocycles. The lowest BCUT2D eigenvalue weighted by Gasteiger charge is -2.31. The molecule has 0 aromatic carbocycles. The van der Waals surface area contributed by atoms with Crippen molar-refractivity contribution < 1.29 is 4.74 Å². The summed E-state index contributed by atoms with van der Waals surface area (Å²) in [6.45, 7) is 3.16. The fourth-order valence-corrected chi connectivity index (χ4v) is 2.22. The smallest absolute Gasteiger partial charge is 0.228 e. The van der Waals surface area contributed by atoms with E-state index in [1.807, 2.05) is 7.05 Å². The molecular formula is C12H20N4O. The fourth-order valence-electron chi connectivity index (χ4n) is 2.22. The minimum absolute atomic E-state index is 0.632. The first kappa shape index (κ1) is 12.1. The van der Waals surface area contributed by atoms with Gasteiger partial charge in [0.1, 0.15) is 0 Å². The lowest BCUT2D eigenvalue weighted by atomic mass is 9.97. The molecule has 0 atom stereocenters. The molecule has 2 rings (SSSR count). The minimum Gasteiger partial charge on any atom is -0.481 e. The van der Waals surface area contributed by atoms with E-state index in [2.05, 4.69) is 20.2 Å². The third-order valence-electron chi connectivity index (χ3n) is 3.22. The van der Waals surface area contributed by atoms with Crippen LogP contribution >= 0.6 is 0 Å². The van der Waals surface area contributed by atoms with Gasteiger partial charge in [-0.05, 0) is 32.4 Å². The zero-order chi connectivity index (χ0) is 12.1. The topological polar surface area (TPSA) is 50.3 Å². The van der Waals surface area contributed by atoms with Crippen LogP contribution < -0.4 is 15.0 Å². The Kier molecular flexibility index (Phi) is 4.14. The first-order valence-corrected chi connectivity index (χ1v) is 6.10. The number of hydrogen-bond donors (Lipinski definition) is 1. The highest BCUT2D eigenvalue weighted by Crippen LogP contribution is 2.21. The number of ether oxygens (including phenoxy) is 1. The number of piperidine rings is 1. The van der Waals surface area contributed by atoms with Gasteiger partial charge >= 0.3 is 0 Å². The largest absolute Gasteiger partial charge is 0.481 e. The molecule has 2 heterocycles. The zero-order valence-electron chi connectivity index (χ0n) is 10.5. The Morgan fingerprint density at radius 2 is 2.24 bits per heavy atom. The predicted molar refractivity (Wildman–Crippen MR) is 67.4 cm³/mol. The molecule has 1 aromatic rings.